The Labute approximate surface area is 134 Å². The van der Waals surface area contributed by atoms with Gasteiger partial charge >= 0.3 is 0 Å². The third-order valence-electron chi connectivity index (χ3n) is 4.06. The van der Waals surface area contributed by atoms with Crippen molar-refractivity contribution in [1.29, 1.82) is 0 Å². The lowest BCUT2D eigenvalue weighted by Gasteiger charge is -2.33. The number of amides is 2. The first-order chi connectivity index (χ1) is 11.1. The number of nitrogens with one attached hydrogen (secondary N) is 1. The number of carbonyl (C=O) groups excluding carboxylic acids is 2. The van der Waals surface area contributed by atoms with Gasteiger partial charge in [-0.25, -0.2) is 15.0 Å². The zero-order valence-electron chi connectivity index (χ0n) is 13.1. The zero-order chi connectivity index (χ0) is 16.2. The lowest BCUT2D eigenvalue weighted by Crippen LogP contribution is -2.50. The van der Waals surface area contributed by atoms with Crippen molar-refractivity contribution in [3.8, 4) is 0 Å². The van der Waals surface area contributed by atoms with E-state index in [1.54, 1.807) is 25.5 Å². The van der Waals surface area contributed by atoms with Crippen molar-refractivity contribution in [1.82, 2.24) is 20.3 Å². The molecule has 0 bridgehead atoms. The van der Waals surface area contributed by atoms with E-state index in [1.165, 1.54) is 5.01 Å². The summed E-state index contributed by atoms with van der Waals surface area (Å²) in [4.78, 5) is 34.3. The zero-order valence-corrected chi connectivity index (χ0v) is 13.1. The molecule has 8 heteroatoms. The molecule has 2 aliphatic rings. The number of piperidine rings is 1. The van der Waals surface area contributed by atoms with Crippen LogP contribution >= 0.6 is 0 Å². The quantitative estimate of drug-likeness (QED) is 0.858. The number of aromatic nitrogens is 2. The molecule has 0 unspecified atom stereocenters. The number of hydrogen-bond donors (Lipinski definition) is 1. The highest BCUT2D eigenvalue weighted by atomic mass is 16.2. The normalized spacial score (nSPS) is 21.9. The van der Waals surface area contributed by atoms with Gasteiger partial charge in [0.2, 0.25) is 11.9 Å². The molecule has 122 valence electrons. The van der Waals surface area contributed by atoms with Gasteiger partial charge < -0.3 is 10.2 Å². The van der Waals surface area contributed by atoms with E-state index in [4.69, 9.17) is 0 Å². The molecule has 2 amide bonds. The number of nitrogens with zero attached hydrogens (tertiary/aromatic N) is 5. The predicted octanol–water partition coefficient (Wildman–Crippen LogP) is 0.170. The summed E-state index contributed by atoms with van der Waals surface area (Å²) < 4.78 is 0. The van der Waals surface area contributed by atoms with Crippen LogP contribution in [0.5, 0.6) is 0 Å². The molecule has 1 fully saturated rings. The summed E-state index contributed by atoms with van der Waals surface area (Å²) >= 11 is 0. The predicted molar refractivity (Wildman–Crippen MR) is 84.8 cm³/mol. The molecular formula is C15H20N6O2. The standard InChI is InChI=1S/C15H20N6O2/c1-20-13(22)6-5-12(19-20)14(23)18-11-4-2-9-21(10-11)15-16-7-3-8-17-15/h3,7-8,11H,2,4-6,9-10H2,1H3,(H,18,23)/t11-/m1/s1. The van der Waals surface area contributed by atoms with Crippen molar-refractivity contribution in [2.75, 3.05) is 25.0 Å². The Morgan fingerprint density at radius 2 is 2.09 bits per heavy atom. The van der Waals surface area contributed by atoms with Crippen molar-refractivity contribution in [3.63, 3.8) is 0 Å². The fourth-order valence-corrected chi connectivity index (χ4v) is 2.83. The second-order valence-corrected chi connectivity index (χ2v) is 5.77. The number of carbonyl (C=O) groups is 2. The number of hydrogen-bond acceptors (Lipinski definition) is 6. The summed E-state index contributed by atoms with van der Waals surface area (Å²) in [7, 11) is 1.57. The Hall–Kier alpha value is -2.51. The van der Waals surface area contributed by atoms with Crippen molar-refractivity contribution in [2.24, 2.45) is 5.10 Å². The van der Waals surface area contributed by atoms with Crippen LogP contribution in [0.3, 0.4) is 0 Å². The number of hydrazone groups is 1. The highest BCUT2D eigenvalue weighted by Crippen LogP contribution is 2.15. The molecule has 1 N–H and O–H groups in total. The fourth-order valence-electron chi connectivity index (χ4n) is 2.83. The maximum Gasteiger partial charge on any atom is 0.267 e. The van der Waals surface area contributed by atoms with Gasteiger partial charge in [0.15, 0.2) is 0 Å². The molecule has 0 radical (unpaired) electrons. The fraction of sp³-hybridized carbons (Fsp3) is 0.533. The van der Waals surface area contributed by atoms with Crippen LogP contribution in [0.25, 0.3) is 0 Å². The second kappa shape index (κ2) is 6.72. The van der Waals surface area contributed by atoms with Gasteiger partial charge in [-0.15, -0.1) is 0 Å². The van der Waals surface area contributed by atoms with E-state index in [-0.39, 0.29) is 17.9 Å². The van der Waals surface area contributed by atoms with E-state index in [1.807, 2.05) is 0 Å². The summed E-state index contributed by atoms with van der Waals surface area (Å²) in [5, 5.41) is 8.31. The van der Waals surface area contributed by atoms with Crippen molar-refractivity contribution in [3.05, 3.63) is 18.5 Å². The van der Waals surface area contributed by atoms with Crippen LogP contribution < -0.4 is 10.2 Å². The minimum Gasteiger partial charge on any atom is -0.346 e. The highest BCUT2D eigenvalue weighted by Gasteiger charge is 2.27. The Balaban J connectivity index is 1.60. The van der Waals surface area contributed by atoms with Gasteiger partial charge in [0.25, 0.3) is 5.91 Å². The van der Waals surface area contributed by atoms with E-state index in [0.717, 1.165) is 19.4 Å². The monoisotopic (exact) mass is 316 g/mol. The third-order valence-corrected chi connectivity index (χ3v) is 4.06. The second-order valence-electron chi connectivity index (χ2n) is 5.77. The molecule has 0 spiro atoms. The van der Waals surface area contributed by atoms with Crippen LogP contribution in [0.2, 0.25) is 0 Å². The molecular weight excluding hydrogens is 296 g/mol. The minimum absolute atomic E-state index is 0.0330. The first-order valence-corrected chi connectivity index (χ1v) is 7.80. The molecule has 2 aliphatic heterocycles. The van der Waals surface area contributed by atoms with Crippen molar-refractivity contribution >= 4 is 23.5 Å². The van der Waals surface area contributed by atoms with Crippen LogP contribution in [-0.4, -0.2) is 58.7 Å². The first-order valence-electron chi connectivity index (χ1n) is 7.80. The molecule has 0 aromatic carbocycles. The lowest BCUT2D eigenvalue weighted by atomic mass is 10.0. The number of rotatable bonds is 3. The smallest absolute Gasteiger partial charge is 0.267 e. The van der Waals surface area contributed by atoms with Crippen molar-refractivity contribution < 1.29 is 9.59 Å². The average molecular weight is 316 g/mol. The van der Waals surface area contributed by atoms with Gasteiger partial charge in [0, 0.05) is 51.4 Å². The Bertz CT molecular complexity index is 618. The van der Waals surface area contributed by atoms with Gasteiger partial charge in [-0.3, -0.25) is 9.59 Å². The largest absolute Gasteiger partial charge is 0.346 e. The van der Waals surface area contributed by atoms with Crippen LogP contribution in [0.4, 0.5) is 5.95 Å². The van der Waals surface area contributed by atoms with E-state index in [9.17, 15) is 9.59 Å². The molecule has 23 heavy (non-hydrogen) atoms. The van der Waals surface area contributed by atoms with Crippen LogP contribution in [0, 0.1) is 0 Å². The Morgan fingerprint density at radius 1 is 1.30 bits per heavy atom. The topological polar surface area (TPSA) is 90.8 Å². The van der Waals surface area contributed by atoms with Crippen LogP contribution in [-0.2, 0) is 9.59 Å². The Morgan fingerprint density at radius 3 is 2.83 bits per heavy atom. The SMILES string of the molecule is CN1N=C(C(=O)N[C@@H]2CCCN(c3ncccn3)C2)CCC1=O. The minimum atomic E-state index is -0.190. The average Bonchev–Trinajstić information content (AvgIpc) is 2.58. The molecule has 0 saturated carbocycles. The van der Waals surface area contributed by atoms with E-state index in [0.29, 0.717) is 31.0 Å². The molecule has 3 heterocycles. The maximum absolute atomic E-state index is 12.3. The molecule has 1 saturated heterocycles. The molecule has 1 atom stereocenters. The Kier molecular flexibility index (Phi) is 4.50. The summed E-state index contributed by atoms with van der Waals surface area (Å²) in [6.45, 7) is 1.56. The molecule has 8 nitrogen and oxygen atoms in total. The van der Waals surface area contributed by atoms with Crippen molar-refractivity contribution in [2.45, 2.75) is 31.7 Å². The maximum atomic E-state index is 12.3. The number of anilines is 1. The van der Waals surface area contributed by atoms with Crippen LogP contribution in [0.15, 0.2) is 23.6 Å². The first kappa shape index (κ1) is 15.4. The van der Waals surface area contributed by atoms with Gasteiger partial charge in [-0.1, -0.05) is 0 Å². The third kappa shape index (κ3) is 3.64. The van der Waals surface area contributed by atoms with Gasteiger partial charge in [0.1, 0.15) is 5.71 Å². The molecule has 3 rings (SSSR count). The molecule has 0 aliphatic carbocycles. The molecule has 1 aromatic heterocycles. The van der Waals surface area contributed by atoms with Gasteiger partial charge in [-0.05, 0) is 18.9 Å². The van der Waals surface area contributed by atoms with E-state index >= 15 is 0 Å². The molecule has 1 aromatic rings. The summed E-state index contributed by atoms with van der Waals surface area (Å²) in [6.07, 6.45) is 6.04. The summed E-state index contributed by atoms with van der Waals surface area (Å²) in [6, 6.07) is 1.82. The van der Waals surface area contributed by atoms with Gasteiger partial charge in [-0.2, -0.15) is 5.10 Å². The van der Waals surface area contributed by atoms with Gasteiger partial charge in [0.05, 0.1) is 0 Å². The summed E-state index contributed by atoms with van der Waals surface area (Å²) in [5.41, 5.74) is 0.417. The van der Waals surface area contributed by atoms with E-state index in [2.05, 4.69) is 25.3 Å². The lowest BCUT2D eigenvalue weighted by molar-refractivity contribution is -0.130. The summed E-state index contributed by atoms with van der Waals surface area (Å²) in [5.74, 6) is 0.434. The van der Waals surface area contributed by atoms with E-state index < -0.39 is 0 Å². The van der Waals surface area contributed by atoms with Crippen LogP contribution in [0.1, 0.15) is 25.7 Å². The highest BCUT2D eigenvalue weighted by molar-refractivity contribution is 6.39.